The van der Waals surface area contributed by atoms with Crippen molar-refractivity contribution in [3.63, 3.8) is 0 Å². The SMILES string of the molecule is CC(=O)N1CCC[C@H]2[C@@H](C[C@@H]3CC[C@]4(O)[C@@H]5C[C@@H]6[C@@H](C[C@@H](C)C[C@@H]6N(C)C5)C[C@@H]4N3)C[C@H](C)C[C@H]21. The third-order valence-electron chi connectivity index (χ3n) is 12.0. The Morgan fingerprint density at radius 1 is 1.00 bits per heavy atom. The quantitative estimate of drug-likeness (QED) is 0.613. The average molecular weight is 486 g/mol. The van der Waals surface area contributed by atoms with Gasteiger partial charge < -0.3 is 20.2 Å². The molecule has 6 aliphatic rings. The molecule has 1 amide bonds. The first kappa shape index (κ1) is 24.7. The number of rotatable bonds is 2. The molecule has 3 saturated carbocycles. The van der Waals surface area contributed by atoms with Crippen LogP contribution in [0.5, 0.6) is 0 Å². The van der Waals surface area contributed by atoms with Gasteiger partial charge in [-0.3, -0.25) is 4.79 Å². The van der Waals surface area contributed by atoms with E-state index >= 15 is 0 Å². The zero-order chi connectivity index (χ0) is 24.5. The van der Waals surface area contributed by atoms with E-state index in [1.807, 2.05) is 0 Å². The third-order valence-corrected chi connectivity index (χ3v) is 12.0. The van der Waals surface area contributed by atoms with Crippen molar-refractivity contribution < 1.29 is 9.90 Å². The van der Waals surface area contributed by atoms with E-state index in [2.05, 4.69) is 36.0 Å². The summed E-state index contributed by atoms with van der Waals surface area (Å²) >= 11 is 0. The lowest BCUT2D eigenvalue weighted by molar-refractivity contribution is -0.137. The summed E-state index contributed by atoms with van der Waals surface area (Å²) < 4.78 is 0. The lowest BCUT2D eigenvalue weighted by Crippen LogP contribution is -2.64. The highest BCUT2D eigenvalue weighted by atomic mass is 16.3. The number of fused-ring (bicyclic) bond motifs is 4. The largest absolute Gasteiger partial charge is 0.388 e. The number of nitrogens with zero attached hydrogens (tertiary/aromatic N) is 2. The maximum absolute atomic E-state index is 12.4. The first-order valence-electron chi connectivity index (χ1n) is 15.2. The molecule has 0 aromatic carbocycles. The molecule has 35 heavy (non-hydrogen) atoms. The lowest BCUT2D eigenvalue weighted by atomic mass is 9.64. The van der Waals surface area contributed by atoms with Crippen LogP contribution in [0, 0.1) is 41.4 Å². The summed E-state index contributed by atoms with van der Waals surface area (Å²) in [5.41, 5.74) is -0.533. The number of carbonyl (C=O) groups is 1. The van der Waals surface area contributed by atoms with Crippen LogP contribution in [-0.2, 0) is 4.79 Å². The van der Waals surface area contributed by atoms with Gasteiger partial charge in [0.2, 0.25) is 5.91 Å². The van der Waals surface area contributed by atoms with E-state index in [4.69, 9.17) is 0 Å². The maximum Gasteiger partial charge on any atom is 0.219 e. The van der Waals surface area contributed by atoms with E-state index < -0.39 is 5.60 Å². The Kier molecular flexibility index (Phi) is 6.54. The van der Waals surface area contributed by atoms with Crippen LogP contribution in [0.1, 0.15) is 91.4 Å². The molecule has 12 atom stereocenters. The predicted octanol–water partition coefficient (Wildman–Crippen LogP) is 4.29. The number of hydrogen-bond acceptors (Lipinski definition) is 4. The van der Waals surface area contributed by atoms with Crippen LogP contribution < -0.4 is 5.32 Å². The second-order valence-electron chi connectivity index (χ2n) is 14.3. The van der Waals surface area contributed by atoms with Gasteiger partial charge in [0.25, 0.3) is 0 Å². The van der Waals surface area contributed by atoms with E-state index in [1.165, 1.54) is 57.8 Å². The Morgan fingerprint density at radius 3 is 2.57 bits per heavy atom. The fourth-order valence-corrected chi connectivity index (χ4v) is 10.6. The number of piperidine rings is 3. The summed E-state index contributed by atoms with van der Waals surface area (Å²) in [5.74, 6) is 5.15. The molecule has 0 unspecified atom stereocenters. The Balaban J connectivity index is 1.19. The van der Waals surface area contributed by atoms with Gasteiger partial charge in [-0.05, 0) is 113 Å². The van der Waals surface area contributed by atoms with Crippen LogP contribution in [0.2, 0.25) is 0 Å². The topological polar surface area (TPSA) is 55.8 Å². The van der Waals surface area contributed by atoms with Crippen molar-refractivity contribution in [2.24, 2.45) is 41.4 Å². The second-order valence-corrected chi connectivity index (χ2v) is 14.3. The van der Waals surface area contributed by atoms with Gasteiger partial charge in [0.1, 0.15) is 0 Å². The molecule has 0 spiro atoms. The molecule has 3 aliphatic heterocycles. The third kappa shape index (κ3) is 4.30. The summed E-state index contributed by atoms with van der Waals surface area (Å²) in [6, 6.07) is 1.98. The molecule has 5 heteroatoms. The minimum Gasteiger partial charge on any atom is -0.388 e. The lowest BCUT2D eigenvalue weighted by Gasteiger charge is -2.53. The summed E-state index contributed by atoms with van der Waals surface area (Å²) in [6.45, 7) is 8.68. The van der Waals surface area contributed by atoms with Crippen molar-refractivity contribution in [1.29, 1.82) is 0 Å². The number of hydrogen-bond donors (Lipinski definition) is 2. The van der Waals surface area contributed by atoms with Gasteiger partial charge in [-0.1, -0.05) is 13.8 Å². The maximum atomic E-state index is 12.4. The Bertz CT molecular complexity index is 804. The van der Waals surface area contributed by atoms with Gasteiger partial charge in [0, 0.05) is 50.1 Å². The van der Waals surface area contributed by atoms with Crippen molar-refractivity contribution in [3.05, 3.63) is 0 Å². The molecule has 0 aromatic rings. The minimum absolute atomic E-state index is 0.260. The second kappa shape index (κ2) is 9.27. The Morgan fingerprint density at radius 2 is 1.77 bits per heavy atom. The molecular formula is C30H51N3O2. The van der Waals surface area contributed by atoms with Crippen molar-refractivity contribution in [3.8, 4) is 0 Å². The van der Waals surface area contributed by atoms with E-state index in [0.717, 1.165) is 49.7 Å². The van der Waals surface area contributed by atoms with Crippen LogP contribution >= 0.6 is 0 Å². The number of aliphatic hydroxyl groups is 1. The van der Waals surface area contributed by atoms with Gasteiger partial charge in [0.15, 0.2) is 0 Å². The highest BCUT2D eigenvalue weighted by Crippen LogP contribution is 2.53. The highest BCUT2D eigenvalue weighted by molar-refractivity contribution is 5.73. The van der Waals surface area contributed by atoms with E-state index in [1.54, 1.807) is 6.92 Å². The summed E-state index contributed by atoms with van der Waals surface area (Å²) in [4.78, 5) is 17.2. The van der Waals surface area contributed by atoms with Crippen LogP contribution in [0.15, 0.2) is 0 Å². The normalized spacial score (nSPS) is 52.3. The summed E-state index contributed by atoms with van der Waals surface area (Å²) in [5, 5.41) is 16.3. The van der Waals surface area contributed by atoms with Crippen molar-refractivity contribution in [2.75, 3.05) is 20.1 Å². The van der Waals surface area contributed by atoms with Gasteiger partial charge in [0.05, 0.1) is 5.60 Å². The number of likely N-dealkylation sites (tertiary alicyclic amines) is 2. The number of nitrogens with one attached hydrogen (secondary N) is 1. The summed E-state index contributed by atoms with van der Waals surface area (Å²) in [6.07, 6.45) is 13.4. The van der Waals surface area contributed by atoms with E-state index in [-0.39, 0.29) is 11.9 Å². The van der Waals surface area contributed by atoms with Crippen molar-refractivity contribution in [2.45, 2.75) is 121 Å². The predicted molar refractivity (Wildman–Crippen MR) is 140 cm³/mol. The van der Waals surface area contributed by atoms with Gasteiger partial charge in [-0.25, -0.2) is 0 Å². The molecule has 3 heterocycles. The Hall–Kier alpha value is -0.650. The smallest absolute Gasteiger partial charge is 0.219 e. The van der Waals surface area contributed by atoms with Crippen LogP contribution in [0.25, 0.3) is 0 Å². The first-order chi connectivity index (χ1) is 16.7. The summed E-state index contributed by atoms with van der Waals surface area (Å²) in [7, 11) is 2.33. The molecule has 2 N–H and O–H groups in total. The molecule has 3 aliphatic carbocycles. The van der Waals surface area contributed by atoms with Gasteiger partial charge >= 0.3 is 0 Å². The number of amides is 1. The fraction of sp³-hybridized carbons (Fsp3) is 0.967. The zero-order valence-corrected chi connectivity index (χ0v) is 22.8. The molecule has 6 rings (SSSR count). The Labute approximate surface area is 213 Å². The standard InChI is InChI=1S/C30H51N3O2/c1-18-11-22-15-29-30(35,23-16-26(22)27(12-18)32(4)17-23)8-7-24(31-29)14-21-10-19(2)13-28-25(21)6-5-9-33(28)20(3)34/h18-19,21-29,31,35H,5-17H2,1-4H3/t18-,19+,21-,22+,23-,24+,25+,26-,27+,28-,29+,30+/m1/s1. The molecule has 198 valence electrons. The number of carbonyl (C=O) groups excluding carboxylic acids is 1. The minimum atomic E-state index is -0.533. The fourth-order valence-electron chi connectivity index (χ4n) is 10.6. The van der Waals surface area contributed by atoms with Crippen molar-refractivity contribution >= 4 is 5.91 Å². The highest BCUT2D eigenvalue weighted by Gasteiger charge is 2.57. The molecule has 0 aromatic heterocycles. The molecule has 2 bridgehead atoms. The molecule has 0 radical (unpaired) electrons. The molecule has 5 nitrogen and oxygen atoms in total. The monoisotopic (exact) mass is 485 g/mol. The van der Waals surface area contributed by atoms with E-state index in [9.17, 15) is 9.90 Å². The van der Waals surface area contributed by atoms with Crippen LogP contribution in [0.3, 0.4) is 0 Å². The molecular weight excluding hydrogens is 434 g/mol. The van der Waals surface area contributed by atoms with Crippen molar-refractivity contribution in [1.82, 2.24) is 15.1 Å². The van der Waals surface area contributed by atoms with E-state index in [0.29, 0.717) is 35.8 Å². The first-order valence-corrected chi connectivity index (χ1v) is 15.2. The van der Waals surface area contributed by atoms with Gasteiger partial charge in [-0.15, -0.1) is 0 Å². The zero-order valence-electron chi connectivity index (χ0n) is 22.8. The van der Waals surface area contributed by atoms with Crippen LogP contribution in [0.4, 0.5) is 0 Å². The molecule has 6 fully saturated rings. The molecule has 3 saturated heterocycles. The van der Waals surface area contributed by atoms with Crippen LogP contribution in [-0.4, -0.2) is 70.7 Å². The average Bonchev–Trinajstić information content (AvgIpc) is 2.91. The van der Waals surface area contributed by atoms with Gasteiger partial charge in [-0.2, -0.15) is 0 Å².